The fourth-order valence-electron chi connectivity index (χ4n) is 3.59. The van der Waals surface area contributed by atoms with Crippen molar-refractivity contribution in [2.75, 3.05) is 19.5 Å². The van der Waals surface area contributed by atoms with Gasteiger partial charge >= 0.3 is 0 Å². The number of amides is 1. The van der Waals surface area contributed by atoms with Crippen LogP contribution >= 0.6 is 11.3 Å². The smallest absolute Gasteiger partial charge is 0.296 e. The highest BCUT2D eigenvalue weighted by Crippen LogP contribution is 2.31. The van der Waals surface area contributed by atoms with Crippen LogP contribution < -0.4 is 14.8 Å². The molecule has 1 N–H and O–H groups in total. The number of nitrogens with zero attached hydrogens (tertiary/aromatic N) is 3. The molecular weight excluding hydrogens is 428 g/mol. The number of methoxy groups -OCH3 is 2. The van der Waals surface area contributed by atoms with Crippen molar-refractivity contribution in [2.45, 2.75) is 20.4 Å². The number of Topliss-reactive ketones (excluding diaryl/α,β-unsaturated/α-hetero) is 1. The van der Waals surface area contributed by atoms with Crippen LogP contribution in [0.5, 0.6) is 11.6 Å². The van der Waals surface area contributed by atoms with Gasteiger partial charge in [0.1, 0.15) is 10.8 Å². The molecule has 0 atom stereocenters. The zero-order valence-corrected chi connectivity index (χ0v) is 18.9. The van der Waals surface area contributed by atoms with E-state index in [0.717, 1.165) is 15.4 Å². The Balaban J connectivity index is 1.75. The third-order valence-corrected chi connectivity index (χ3v) is 6.03. The maximum Gasteiger partial charge on any atom is 0.296 e. The van der Waals surface area contributed by atoms with Crippen LogP contribution in [0.15, 0.2) is 42.7 Å². The molecule has 0 bridgehead atoms. The Morgan fingerprint density at radius 3 is 2.59 bits per heavy atom. The molecule has 0 aliphatic carbocycles. The largest absolute Gasteiger partial charge is 0.497 e. The molecule has 3 heterocycles. The highest BCUT2D eigenvalue weighted by atomic mass is 32.1. The summed E-state index contributed by atoms with van der Waals surface area (Å²) >= 11 is 1.60. The highest BCUT2D eigenvalue weighted by Gasteiger charge is 2.26. The molecule has 0 unspecified atom stereocenters. The topological polar surface area (TPSA) is 95.3 Å². The molecule has 0 saturated carbocycles. The van der Waals surface area contributed by atoms with Gasteiger partial charge in [-0.1, -0.05) is 0 Å². The Labute approximate surface area is 188 Å². The number of anilines is 1. The summed E-state index contributed by atoms with van der Waals surface area (Å²) in [5.41, 5.74) is 2.28. The fraction of sp³-hybridized carbons (Fsp3) is 0.217. The number of carbonyl (C=O) groups is 2. The predicted molar refractivity (Wildman–Crippen MR) is 123 cm³/mol. The lowest BCUT2D eigenvalue weighted by atomic mass is 10.1. The van der Waals surface area contributed by atoms with Crippen molar-refractivity contribution in [3.63, 3.8) is 0 Å². The average molecular weight is 451 g/mol. The third kappa shape index (κ3) is 4.06. The first-order valence-electron chi connectivity index (χ1n) is 9.85. The third-order valence-electron chi connectivity index (χ3n) is 5.13. The molecule has 1 aromatic carbocycles. The number of ether oxygens (including phenoxy) is 2. The number of benzene rings is 1. The first-order valence-corrected chi connectivity index (χ1v) is 10.7. The molecule has 32 heavy (non-hydrogen) atoms. The molecule has 3 aromatic heterocycles. The van der Waals surface area contributed by atoms with E-state index in [1.165, 1.54) is 13.3 Å². The standard InChI is InChI=1S/C23H22N4O4S/c1-13-11-25-20(32-13)12-27-14(2)21(17-10-16(30-3)5-6-18(17)27)22(28)23(29)26-15-7-8-24-19(9-15)31-4/h5-11H,12H2,1-4H3,(H,24,26,29). The summed E-state index contributed by atoms with van der Waals surface area (Å²) in [6.45, 7) is 4.34. The van der Waals surface area contributed by atoms with Crippen LogP contribution in [0.2, 0.25) is 0 Å². The van der Waals surface area contributed by atoms with E-state index in [-0.39, 0.29) is 0 Å². The fourth-order valence-corrected chi connectivity index (χ4v) is 4.36. The summed E-state index contributed by atoms with van der Waals surface area (Å²) in [5, 5.41) is 4.22. The molecule has 0 radical (unpaired) electrons. The normalized spacial score (nSPS) is 10.9. The lowest BCUT2D eigenvalue weighted by Gasteiger charge is -2.07. The predicted octanol–water partition coefficient (Wildman–Crippen LogP) is 4.00. The Kier molecular flexibility index (Phi) is 5.91. The van der Waals surface area contributed by atoms with Crippen LogP contribution in [-0.2, 0) is 11.3 Å². The number of aromatic nitrogens is 3. The first kappa shape index (κ1) is 21.5. The van der Waals surface area contributed by atoms with Crippen LogP contribution in [0.1, 0.15) is 25.9 Å². The van der Waals surface area contributed by atoms with E-state index in [1.807, 2.05) is 36.7 Å². The summed E-state index contributed by atoms with van der Waals surface area (Å²) < 4.78 is 12.4. The average Bonchev–Trinajstić information content (AvgIpc) is 3.33. The molecular formula is C23H22N4O4S. The molecule has 4 aromatic rings. The van der Waals surface area contributed by atoms with Crippen molar-refractivity contribution in [1.82, 2.24) is 14.5 Å². The molecule has 164 valence electrons. The van der Waals surface area contributed by atoms with E-state index in [0.29, 0.717) is 40.5 Å². The van der Waals surface area contributed by atoms with Crippen LogP contribution in [0, 0.1) is 13.8 Å². The monoisotopic (exact) mass is 450 g/mol. The molecule has 8 nitrogen and oxygen atoms in total. The lowest BCUT2D eigenvalue weighted by molar-refractivity contribution is -0.112. The van der Waals surface area contributed by atoms with Crippen molar-refractivity contribution in [3.05, 3.63) is 63.9 Å². The molecule has 1 amide bonds. The molecule has 0 aliphatic rings. The van der Waals surface area contributed by atoms with E-state index < -0.39 is 11.7 Å². The van der Waals surface area contributed by atoms with E-state index >= 15 is 0 Å². The van der Waals surface area contributed by atoms with Crippen molar-refractivity contribution in [1.29, 1.82) is 0 Å². The second-order valence-corrected chi connectivity index (χ2v) is 8.48. The Morgan fingerprint density at radius 2 is 1.91 bits per heavy atom. The number of aryl methyl sites for hydroxylation is 1. The van der Waals surface area contributed by atoms with Gasteiger partial charge < -0.3 is 19.4 Å². The number of ketones is 1. The number of hydrogen-bond donors (Lipinski definition) is 1. The lowest BCUT2D eigenvalue weighted by Crippen LogP contribution is -2.23. The molecule has 9 heteroatoms. The van der Waals surface area contributed by atoms with Gasteiger partial charge in [-0.05, 0) is 38.1 Å². The van der Waals surface area contributed by atoms with Crippen LogP contribution in [0.3, 0.4) is 0 Å². The molecule has 0 fully saturated rings. The van der Waals surface area contributed by atoms with Gasteiger partial charge in [-0.25, -0.2) is 9.97 Å². The second-order valence-electron chi connectivity index (χ2n) is 7.16. The Bertz CT molecular complexity index is 1330. The van der Waals surface area contributed by atoms with Gasteiger partial charge in [0.25, 0.3) is 11.7 Å². The summed E-state index contributed by atoms with van der Waals surface area (Å²) in [6.07, 6.45) is 3.32. The summed E-state index contributed by atoms with van der Waals surface area (Å²) in [5.74, 6) is -0.432. The zero-order chi connectivity index (χ0) is 22.8. The summed E-state index contributed by atoms with van der Waals surface area (Å²) in [6, 6.07) is 8.65. The number of nitrogens with one attached hydrogen (secondary N) is 1. The first-order chi connectivity index (χ1) is 15.4. The highest BCUT2D eigenvalue weighted by molar-refractivity contribution is 7.11. The van der Waals surface area contributed by atoms with E-state index in [1.54, 1.807) is 36.6 Å². The van der Waals surface area contributed by atoms with Gasteiger partial charge in [0, 0.05) is 45.6 Å². The van der Waals surface area contributed by atoms with Crippen molar-refractivity contribution < 1.29 is 19.1 Å². The van der Waals surface area contributed by atoms with Gasteiger partial charge in [0.15, 0.2) is 0 Å². The number of hydrogen-bond acceptors (Lipinski definition) is 7. The number of carbonyl (C=O) groups excluding carboxylic acids is 2. The Morgan fingerprint density at radius 1 is 1.09 bits per heavy atom. The quantitative estimate of drug-likeness (QED) is 0.338. The van der Waals surface area contributed by atoms with Gasteiger partial charge in [0.2, 0.25) is 5.88 Å². The minimum Gasteiger partial charge on any atom is -0.497 e. The summed E-state index contributed by atoms with van der Waals surface area (Å²) in [4.78, 5) is 35.7. The van der Waals surface area contributed by atoms with Crippen molar-refractivity contribution in [2.24, 2.45) is 0 Å². The van der Waals surface area contributed by atoms with Gasteiger partial charge in [0.05, 0.1) is 26.3 Å². The van der Waals surface area contributed by atoms with Gasteiger partial charge in [-0.15, -0.1) is 11.3 Å². The molecule has 0 aliphatic heterocycles. The van der Waals surface area contributed by atoms with E-state index in [2.05, 4.69) is 15.3 Å². The van der Waals surface area contributed by atoms with Crippen molar-refractivity contribution >= 4 is 39.6 Å². The van der Waals surface area contributed by atoms with E-state index in [9.17, 15) is 9.59 Å². The zero-order valence-electron chi connectivity index (χ0n) is 18.1. The number of rotatable bonds is 7. The van der Waals surface area contributed by atoms with Crippen molar-refractivity contribution in [3.8, 4) is 11.6 Å². The van der Waals surface area contributed by atoms with E-state index in [4.69, 9.17) is 9.47 Å². The van der Waals surface area contributed by atoms with Crippen LogP contribution in [-0.4, -0.2) is 40.4 Å². The minimum absolute atomic E-state index is 0.339. The molecule has 0 spiro atoms. The minimum atomic E-state index is -0.742. The Hall–Kier alpha value is -3.72. The molecule has 0 saturated heterocycles. The number of fused-ring (bicyclic) bond motifs is 1. The van der Waals surface area contributed by atoms with Gasteiger partial charge in [-0.3, -0.25) is 9.59 Å². The SMILES string of the molecule is COc1ccc2c(c1)c(C(=O)C(=O)Nc1ccnc(OC)c1)c(C)n2Cc1ncc(C)s1. The number of thiazole rings is 1. The second kappa shape index (κ2) is 8.80. The maximum atomic E-state index is 13.3. The molecule has 4 rings (SSSR count). The number of pyridine rings is 1. The summed E-state index contributed by atoms with van der Waals surface area (Å²) in [7, 11) is 3.04. The van der Waals surface area contributed by atoms with Gasteiger partial charge in [-0.2, -0.15) is 0 Å². The van der Waals surface area contributed by atoms with Crippen LogP contribution in [0.4, 0.5) is 5.69 Å². The maximum absolute atomic E-state index is 13.3. The van der Waals surface area contributed by atoms with Crippen LogP contribution in [0.25, 0.3) is 10.9 Å².